The van der Waals surface area contributed by atoms with Crippen LogP contribution in [0, 0.1) is 0 Å². The summed E-state index contributed by atoms with van der Waals surface area (Å²) in [6.07, 6.45) is -1.03. The molecule has 0 saturated carbocycles. The second-order valence-electron chi connectivity index (χ2n) is 5.90. The van der Waals surface area contributed by atoms with Crippen molar-refractivity contribution in [1.29, 1.82) is 0 Å². The molecule has 1 N–H and O–H groups in total. The SMILES string of the molecule is OC(COc1ccc2ccccc2c1)Oc1ccc2ccccc2c1. The van der Waals surface area contributed by atoms with Crippen LogP contribution < -0.4 is 9.47 Å². The van der Waals surface area contributed by atoms with Gasteiger partial charge in [0.1, 0.15) is 11.5 Å². The van der Waals surface area contributed by atoms with E-state index < -0.39 is 6.29 Å². The molecule has 0 aromatic heterocycles. The summed E-state index contributed by atoms with van der Waals surface area (Å²) >= 11 is 0. The predicted molar refractivity (Wildman–Crippen MR) is 100 cm³/mol. The largest absolute Gasteiger partial charge is 0.487 e. The van der Waals surface area contributed by atoms with Gasteiger partial charge in [-0.05, 0) is 45.8 Å². The van der Waals surface area contributed by atoms with Gasteiger partial charge in [0.05, 0.1) is 0 Å². The molecule has 4 aromatic carbocycles. The van der Waals surface area contributed by atoms with Gasteiger partial charge in [-0.2, -0.15) is 0 Å². The van der Waals surface area contributed by atoms with E-state index in [-0.39, 0.29) is 6.61 Å². The van der Waals surface area contributed by atoms with Crippen LogP contribution in [-0.2, 0) is 0 Å². The van der Waals surface area contributed by atoms with Crippen molar-refractivity contribution in [2.24, 2.45) is 0 Å². The summed E-state index contributed by atoms with van der Waals surface area (Å²) in [6.45, 7) is 0.0607. The number of ether oxygens (including phenoxy) is 2. The molecule has 124 valence electrons. The molecule has 0 heterocycles. The summed E-state index contributed by atoms with van der Waals surface area (Å²) in [4.78, 5) is 0. The third kappa shape index (κ3) is 3.57. The number of hydrogen-bond donors (Lipinski definition) is 1. The molecule has 3 heteroatoms. The molecule has 1 unspecified atom stereocenters. The number of rotatable bonds is 5. The molecule has 1 atom stereocenters. The minimum Gasteiger partial charge on any atom is -0.487 e. The molecule has 0 aliphatic carbocycles. The predicted octanol–water partition coefficient (Wildman–Crippen LogP) is 4.77. The minimum absolute atomic E-state index is 0.0607. The summed E-state index contributed by atoms with van der Waals surface area (Å²) < 4.78 is 11.2. The van der Waals surface area contributed by atoms with E-state index in [2.05, 4.69) is 6.07 Å². The van der Waals surface area contributed by atoms with Crippen LogP contribution >= 0.6 is 0 Å². The van der Waals surface area contributed by atoms with Crippen LogP contribution in [0.2, 0.25) is 0 Å². The van der Waals surface area contributed by atoms with Crippen LogP contribution in [0.25, 0.3) is 21.5 Å². The number of aliphatic hydroxyl groups excluding tert-OH is 1. The third-order valence-electron chi connectivity index (χ3n) is 4.11. The van der Waals surface area contributed by atoms with E-state index in [1.165, 1.54) is 0 Å². The number of benzene rings is 4. The van der Waals surface area contributed by atoms with Crippen LogP contribution in [0.1, 0.15) is 0 Å². The first kappa shape index (κ1) is 15.5. The Morgan fingerprint density at radius 3 is 1.80 bits per heavy atom. The minimum atomic E-state index is -1.03. The Morgan fingerprint density at radius 2 is 1.16 bits per heavy atom. The van der Waals surface area contributed by atoms with Gasteiger partial charge in [0.2, 0.25) is 6.29 Å². The molecule has 0 bridgehead atoms. The lowest BCUT2D eigenvalue weighted by Gasteiger charge is -2.15. The van der Waals surface area contributed by atoms with Gasteiger partial charge in [0.25, 0.3) is 0 Å². The molecule has 0 aliphatic rings. The molecule has 0 amide bonds. The second kappa shape index (κ2) is 6.83. The molecule has 0 radical (unpaired) electrons. The maximum atomic E-state index is 10.1. The molecule has 0 aliphatic heterocycles. The highest BCUT2D eigenvalue weighted by molar-refractivity contribution is 5.84. The smallest absolute Gasteiger partial charge is 0.231 e. The van der Waals surface area contributed by atoms with Gasteiger partial charge in [-0.15, -0.1) is 0 Å². The first-order valence-electron chi connectivity index (χ1n) is 8.23. The van der Waals surface area contributed by atoms with E-state index in [1.54, 1.807) is 0 Å². The van der Waals surface area contributed by atoms with Crippen LogP contribution in [0.4, 0.5) is 0 Å². The average molecular weight is 330 g/mol. The maximum absolute atomic E-state index is 10.1. The lowest BCUT2D eigenvalue weighted by atomic mass is 10.1. The number of aliphatic hydroxyl groups is 1. The highest BCUT2D eigenvalue weighted by Crippen LogP contribution is 2.23. The van der Waals surface area contributed by atoms with E-state index in [0.29, 0.717) is 11.5 Å². The van der Waals surface area contributed by atoms with Crippen molar-refractivity contribution in [3.63, 3.8) is 0 Å². The zero-order valence-corrected chi connectivity index (χ0v) is 13.6. The molecule has 3 nitrogen and oxygen atoms in total. The van der Waals surface area contributed by atoms with Crippen molar-refractivity contribution in [3.05, 3.63) is 84.9 Å². The lowest BCUT2D eigenvalue weighted by Crippen LogP contribution is -2.24. The van der Waals surface area contributed by atoms with Crippen LogP contribution in [0.5, 0.6) is 11.5 Å². The fourth-order valence-corrected chi connectivity index (χ4v) is 2.86. The van der Waals surface area contributed by atoms with Crippen molar-refractivity contribution in [3.8, 4) is 11.5 Å². The maximum Gasteiger partial charge on any atom is 0.231 e. The lowest BCUT2D eigenvalue weighted by molar-refractivity contribution is -0.0477. The molecule has 0 saturated heterocycles. The van der Waals surface area contributed by atoms with Gasteiger partial charge in [-0.1, -0.05) is 60.7 Å². The molecule has 4 rings (SSSR count). The normalized spacial score (nSPS) is 12.2. The van der Waals surface area contributed by atoms with Crippen LogP contribution in [-0.4, -0.2) is 18.0 Å². The van der Waals surface area contributed by atoms with Crippen molar-refractivity contribution < 1.29 is 14.6 Å². The van der Waals surface area contributed by atoms with Gasteiger partial charge in [0.15, 0.2) is 6.61 Å². The molecule has 0 fully saturated rings. The van der Waals surface area contributed by atoms with E-state index in [4.69, 9.17) is 9.47 Å². The Balaban J connectivity index is 1.41. The van der Waals surface area contributed by atoms with Crippen LogP contribution in [0.3, 0.4) is 0 Å². The van der Waals surface area contributed by atoms with Crippen molar-refractivity contribution in [2.45, 2.75) is 6.29 Å². The summed E-state index contributed by atoms with van der Waals surface area (Å²) in [6, 6.07) is 27.7. The standard InChI is InChI=1S/C22H18O3/c23-22(25-21-12-10-17-6-2-4-8-19(17)14-21)15-24-20-11-9-16-5-1-3-7-18(16)13-20/h1-14,22-23H,15H2. The van der Waals surface area contributed by atoms with E-state index in [9.17, 15) is 5.11 Å². The zero-order chi connectivity index (χ0) is 17.1. The Labute approximate surface area is 146 Å². The highest BCUT2D eigenvalue weighted by atomic mass is 16.6. The van der Waals surface area contributed by atoms with Gasteiger partial charge in [0, 0.05) is 0 Å². The van der Waals surface area contributed by atoms with Gasteiger partial charge in [-0.25, -0.2) is 0 Å². The molecular weight excluding hydrogens is 312 g/mol. The van der Waals surface area contributed by atoms with E-state index in [1.807, 2.05) is 78.9 Å². The van der Waals surface area contributed by atoms with E-state index in [0.717, 1.165) is 21.5 Å². The molecule has 4 aromatic rings. The van der Waals surface area contributed by atoms with Gasteiger partial charge in [-0.3, -0.25) is 0 Å². The van der Waals surface area contributed by atoms with Crippen molar-refractivity contribution in [2.75, 3.05) is 6.61 Å². The second-order valence-corrected chi connectivity index (χ2v) is 5.90. The summed E-state index contributed by atoms with van der Waals surface area (Å²) in [5.41, 5.74) is 0. The first-order chi connectivity index (χ1) is 12.3. The van der Waals surface area contributed by atoms with Gasteiger partial charge < -0.3 is 14.6 Å². The third-order valence-corrected chi connectivity index (χ3v) is 4.11. The monoisotopic (exact) mass is 330 g/mol. The molecular formula is C22H18O3. The first-order valence-corrected chi connectivity index (χ1v) is 8.23. The van der Waals surface area contributed by atoms with E-state index >= 15 is 0 Å². The Bertz CT molecular complexity index is 1010. The quantitative estimate of drug-likeness (QED) is 0.536. The number of hydrogen-bond acceptors (Lipinski definition) is 3. The summed E-state index contributed by atoms with van der Waals surface area (Å²) in [5.74, 6) is 1.33. The Morgan fingerprint density at radius 1 is 0.640 bits per heavy atom. The Hall–Kier alpha value is -3.04. The van der Waals surface area contributed by atoms with Crippen molar-refractivity contribution in [1.82, 2.24) is 0 Å². The average Bonchev–Trinajstić information content (AvgIpc) is 2.66. The topological polar surface area (TPSA) is 38.7 Å². The fraction of sp³-hybridized carbons (Fsp3) is 0.0909. The van der Waals surface area contributed by atoms with Crippen LogP contribution in [0.15, 0.2) is 84.9 Å². The molecule has 25 heavy (non-hydrogen) atoms. The highest BCUT2D eigenvalue weighted by Gasteiger charge is 2.08. The number of fused-ring (bicyclic) bond motifs is 2. The summed E-state index contributed by atoms with van der Waals surface area (Å²) in [7, 11) is 0. The van der Waals surface area contributed by atoms with Gasteiger partial charge >= 0.3 is 0 Å². The zero-order valence-electron chi connectivity index (χ0n) is 13.6. The summed E-state index contributed by atoms with van der Waals surface area (Å²) in [5, 5.41) is 14.6. The fourth-order valence-electron chi connectivity index (χ4n) is 2.86. The molecule has 0 spiro atoms. The van der Waals surface area contributed by atoms with Crippen molar-refractivity contribution >= 4 is 21.5 Å². The Kier molecular flexibility index (Phi) is 4.23.